The molecular weight excluding hydrogens is 274 g/mol. The van der Waals surface area contributed by atoms with Crippen molar-refractivity contribution in [2.75, 3.05) is 7.05 Å². The van der Waals surface area contributed by atoms with Crippen LogP contribution in [0.5, 0.6) is 0 Å². The number of hydrogen-bond acceptors (Lipinski definition) is 4. The molecule has 5 heteroatoms. The quantitative estimate of drug-likeness (QED) is 0.887. The Labute approximate surface area is 124 Å². The van der Waals surface area contributed by atoms with E-state index in [4.69, 9.17) is 16.1 Å². The molecule has 0 amide bonds. The van der Waals surface area contributed by atoms with Crippen molar-refractivity contribution in [1.82, 2.24) is 15.5 Å². The number of halogens is 1. The van der Waals surface area contributed by atoms with E-state index in [1.165, 1.54) is 0 Å². The van der Waals surface area contributed by atoms with Crippen LogP contribution in [-0.2, 0) is 6.42 Å². The standard InChI is InChI=1S/C15H20ClN3O/c1-4-13(17-3)10(2)15-18-14(19-20-15)9-11-7-5-6-8-12(11)16/h5-8,10,13,17H,4,9H2,1-3H3. The van der Waals surface area contributed by atoms with Crippen molar-refractivity contribution in [3.63, 3.8) is 0 Å². The van der Waals surface area contributed by atoms with E-state index in [-0.39, 0.29) is 5.92 Å². The van der Waals surface area contributed by atoms with E-state index in [1.54, 1.807) is 0 Å². The third-order valence-corrected chi connectivity index (χ3v) is 3.96. The largest absolute Gasteiger partial charge is 0.339 e. The number of aromatic nitrogens is 2. The van der Waals surface area contributed by atoms with Crippen molar-refractivity contribution >= 4 is 11.6 Å². The first-order valence-corrected chi connectivity index (χ1v) is 7.26. The first-order chi connectivity index (χ1) is 9.65. The second-order valence-electron chi connectivity index (χ2n) is 4.91. The Balaban J connectivity index is 2.11. The molecule has 2 atom stereocenters. The summed E-state index contributed by atoms with van der Waals surface area (Å²) < 4.78 is 5.38. The average molecular weight is 294 g/mol. The predicted molar refractivity (Wildman–Crippen MR) is 80.1 cm³/mol. The maximum absolute atomic E-state index is 6.14. The molecule has 0 saturated heterocycles. The Morgan fingerprint density at radius 3 is 2.75 bits per heavy atom. The van der Waals surface area contributed by atoms with Gasteiger partial charge in [0.2, 0.25) is 5.89 Å². The van der Waals surface area contributed by atoms with Crippen molar-refractivity contribution in [3.8, 4) is 0 Å². The number of nitrogens with zero attached hydrogens (tertiary/aromatic N) is 2. The third kappa shape index (κ3) is 3.38. The fourth-order valence-electron chi connectivity index (χ4n) is 2.32. The van der Waals surface area contributed by atoms with E-state index < -0.39 is 0 Å². The van der Waals surface area contributed by atoms with Crippen LogP contribution in [0.1, 0.15) is 43.5 Å². The van der Waals surface area contributed by atoms with E-state index in [1.807, 2.05) is 31.3 Å². The first kappa shape index (κ1) is 15.0. The monoisotopic (exact) mass is 293 g/mol. The topological polar surface area (TPSA) is 51.0 Å². The molecule has 0 aliphatic carbocycles. The van der Waals surface area contributed by atoms with E-state index >= 15 is 0 Å². The van der Waals surface area contributed by atoms with E-state index in [0.29, 0.717) is 24.2 Å². The normalized spacial score (nSPS) is 14.2. The number of benzene rings is 1. The lowest BCUT2D eigenvalue weighted by Crippen LogP contribution is -2.30. The summed E-state index contributed by atoms with van der Waals surface area (Å²) in [4.78, 5) is 4.49. The van der Waals surface area contributed by atoms with Gasteiger partial charge in [-0.3, -0.25) is 0 Å². The average Bonchev–Trinajstić information content (AvgIpc) is 2.91. The second-order valence-corrected chi connectivity index (χ2v) is 5.32. The number of hydrogen-bond donors (Lipinski definition) is 1. The van der Waals surface area contributed by atoms with Crippen molar-refractivity contribution in [3.05, 3.63) is 46.6 Å². The molecule has 1 aromatic carbocycles. The van der Waals surface area contributed by atoms with Gasteiger partial charge in [0.1, 0.15) is 0 Å². The highest BCUT2D eigenvalue weighted by Gasteiger charge is 2.21. The molecule has 0 aliphatic heterocycles. The molecule has 0 bridgehead atoms. The summed E-state index contributed by atoms with van der Waals surface area (Å²) in [7, 11) is 1.95. The molecule has 1 N–H and O–H groups in total. The van der Waals surface area contributed by atoms with E-state index in [2.05, 4.69) is 29.3 Å². The Bertz CT molecular complexity index is 552. The lowest BCUT2D eigenvalue weighted by Gasteiger charge is -2.18. The molecular formula is C15H20ClN3O. The maximum Gasteiger partial charge on any atom is 0.231 e. The smallest absolute Gasteiger partial charge is 0.231 e. The van der Waals surface area contributed by atoms with Gasteiger partial charge in [-0.15, -0.1) is 0 Å². The molecule has 0 radical (unpaired) electrons. The van der Waals surface area contributed by atoms with Crippen LogP contribution in [0.25, 0.3) is 0 Å². The number of nitrogens with one attached hydrogen (secondary N) is 1. The molecule has 108 valence electrons. The summed E-state index contributed by atoms with van der Waals surface area (Å²) in [5, 5.41) is 8.05. The van der Waals surface area contributed by atoms with Crippen LogP contribution in [0.15, 0.2) is 28.8 Å². The van der Waals surface area contributed by atoms with Crippen molar-refractivity contribution < 1.29 is 4.52 Å². The Kier molecular flexibility index (Phi) is 5.15. The van der Waals surface area contributed by atoms with Crippen LogP contribution in [0.3, 0.4) is 0 Å². The van der Waals surface area contributed by atoms with Gasteiger partial charge in [0, 0.05) is 17.5 Å². The highest BCUT2D eigenvalue weighted by atomic mass is 35.5. The molecule has 0 fully saturated rings. The van der Waals surface area contributed by atoms with Gasteiger partial charge >= 0.3 is 0 Å². The first-order valence-electron chi connectivity index (χ1n) is 6.88. The molecule has 1 aromatic heterocycles. The Morgan fingerprint density at radius 1 is 1.35 bits per heavy atom. The van der Waals surface area contributed by atoms with E-state index in [9.17, 15) is 0 Å². The fourth-order valence-corrected chi connectivity index (χ4v) is 2.52. The van der Waals surface area contributed by atoms with Gasteiger partial charge in [0.15, 0.2) is 5.82 Å². The minimum Gasteiger partial charge on any atom is -0.339 e. The van der Waals surface area contributed by atoms with Gasteiger partial charge < -0.3 is 9.84 Å². The SMILES string of the molecule is CCC(NC)C(C)c1nc(Cc2ccccc2Cl)no1. The molecule has 20 heavy (non-hydrogen) atoms. The molecule has 2 rings (SSSR count). The van der Waals surface area contributed by atoms with Crippen molar-refractivity contribution in [2.24, 2.45) is 0 Å². The van der Waals surface area contributed by atoms with Crippen LogP contribution < -0.4 is 5.32 Å². The lowest BCUT2D eigenvalue weighted by molar-refractivity contribution is 0.324. The zero-order valence-corrected chi connectivity index (χ0v) is 12.8. The van der Waals surface area contributed by atoms with Crippen molar-refractivity contribution in [1.29, 1.82) is 0 Å². The third-order valence-electron chi connectivity index (χ3n) is 3.59. The maximum atomic E-state index is 6.14. The summed E-state index contributed by atoms with van der Waals surface area (Å²) in [5.74, 6) is 1.54. The highest BCUT2D eigenvalue weighted by Crippen LogP contribution is 2.21. The number of likely N-dealkylation sites (N-methyl/N-ethyl adjacent to an activating group) is 1. The summed E-state index contributed by atoms with van der Waals surface area (Å²) in [6.45, 7) is 4.23. The molecule has 2 aromatic rings. The molecule has 0 saturated carbocycles. The van der Waals surface area contributed by atoms with Crippen molar-refractivity contribution in [2.45, 2.75) is 38.6 Å². The molecule has 0 spiro atoms. The Morgan fingerprint density at radius 2 is 2.10 bits per heavy atom. The van der Waals surface area contributed by atoms with Gasteiger partial charge in [-0.1, -0.05) is 48.8 Å². The summed E-state index contributed by atoms with van der Waals surface area (Å²) in [5.41, 5.74) is 1.01. The zero-order chi connectivity index (χ0) is 14.5. The fraction of sp³-hybridized carbons (Fsp3) is 0.467. The van der Waals surface area contributed by atoms with Gasteiger partial charge in [0.25, 0.3) is 0 Å². The Hall–Kier alpha value is -1.39. The van der Waals surface area contributed by atoms with Gasteiger partial charge in [-0.25, -0.2) is 0 Å². The number of rotatable bonds is 6. The highest BCUT2D eigenvalue weighted by molar-refractivity contribution is 6.31. The molecule has 1 heterocycles. The second kappa shape index (κ2) is 6.86. The van der Waals surface area contributed by atoms with Crippen LogP contribution >= 0.6 is 11.6 Å². The predicted octanol–water partition coefficient (Wildman–Crippen LogP) is 3.42. The summed E-state index contributed by atoms with van der Waals surface area (Å²) >= 11 is 6.14. The lowest BCUT2D eigenvalue weighted by atomic mass is 10.00. The molecule has 2 unspecified atom stereocenters. The summed E-state index contributed by atoms with van der Waals surface area (Å²) in [6, 6.07) is 8.05. The molecule has 4 nitrogen and oxygen atoms in total. The van der Waals surface area contributed by atoms with Gasteiger partial charge in [-0.2, -0.15) is 4.98 Å². The zero-order valence-electron chi connectivity index (χ0n) is 12.1. The minimum atomic E-state index is 0.192. The van der Waals surface area contributed by atoms with Gasteiger partial charge in [-0.05, 0) is 25.1 Å². The van der Waals surface area contributed by atoms with Crippen LogP contribution in [0.2, 0.25) is 5.02 Å². The van der Waals surface area contributed by atoms with E-state index in [0.717, 1.165) is 17.0 Å². The minimum absolute atomic E-state index is 0.192. The van der Waals surface area contributed by atoms with Gasteiger partial charge in [0.05, 0.1) is 5.92 Å². The summed E-state index contributed by atoms with van der Waals surface area (Å²) in [6.07, 6.45) is 1.60. The van der Waals surface area contributed by atoms with Crippen LogP contribution in [-0.4, -0.2) is 23.2 Å². The van der Waals surface area contributed by atoms with Crippen LogP contribution in [0.4, 0.5) is 0 Å². The molecule has 0 aliphatic rings. The van der Waals surface area contributed by atoms with Crippen LogP contribution in [0, 0.1) is 0 Å².